The van der Waals surface area contributed by atoms with Gasteiger partial charge in [-0.2, -0.15) is 5.10 Å². The van der Waals surface area contributed by atoms with Crippen molar-refractivity contribution in [2.45, 2.75) is 0 Å². The first kappa shape index (κ1) is 16.2. The maximum absolute atomic E-state index is 12.0. The van der Waals surface area contributed by atoms with E-state index in [0.29, 0.717) is 5.75 Å². The standard InChI is InChI=1S/C16H15N3O4/c1-18(2)17-11-12-3-9-15(10-4-12)23-16(20)13-5-7-14(8-6-13)19(21)22/h3-11H,1-2H3. The summed E-state index contributed by atoms with van der Waals surface area (Å²) in [6.45, 7) is 0. The number of benzene rings is 2. The molecule has 0 fully saturated rings. The Labute approximate surface area is 133 Å². The molecule has 0 unspecified atom stereocenters. The number of hydrogen-bond donors (Lipinski definition) is 0. The number of esters is 1. The second-order valence-corrected chi connectivity index (χ2v) is 4.85. The van der Waals surface area contributed by atoms with Crippen molar-refractivity contribution < 1.29 is 14.5 Å². The number of ether oxygens (including phenoxy) is 1. The molecule has 7 nitrogen and oxygen atoms in total. The van der Waals surface area contributed by atoms with E-state index in [1.807, 2.05) is 14.1 Å². The molecule has 0 spiro atoms. The van der Waals surface area contributed by atoms with E-state index in [1.54, 1.807) is 35.5 Å². The van der Waals surface area contributed by atoms with Crippen molar-refractivity contribution in [3.8, 4) is 5.75 Å². The summed E-state index contributed by atoms with van der Waals surface area (Å²) in [6, 6.07) is 12.1. The van der Waals surface area contributed by atoms with Crippen molar-refractivity contribution in [3.05, 3.63) is 69.8 Å². The minimum absolute atomic E-state index is 0.0777. The Balaban J connectivity index is 2.03. The Bertz CT molecular complexity index is 722. The van der Waals surface area contributed by atoms with E-state index in [9.17, 15) is 14.9 Å². The molecule has 0 aliphatic carbocycles. The van der Waals surface area contributed by atoms with Crippen LogP contribution in [0.3, 0.4) is 0 Å². The zero-order valence-corrected chi connectivity index (χ0v) is 12.7. The molecule has 2 rings (SSSR count). The highest BCUT2D eigenvalue weighted by Gasteiger charge is 2.11. The van der Waals surface area contributed by atoms with Crippen LogP contribution in [0.2, 0.25) is 0 Å². The SMILES string of the molecule is CN(C)N=Cc1ccc(OC(=O)c2ccc([N+](=O)[O-])cc2)cc1. The van der Waals surface area contributed by atoms with E-state index in [4.69, 9.17) is 4.74 Å². The van der Waals surface area contributed by atoms with Crippen LogP contribution >= 0.6 is 0 Å². The van der Waals surface area contributed by atoms with Crippen LogP contribution in [-0.2, 0) is 0 Å². The number of hydrazone groups is 1. The number of nitrogens with zero attached hydrogens (tertiary/aromatic N) is 3. The number of hydrogen-bond acceptors (Lipinski definition) is 6. The maximum Gasteiger partial charge on any atom is 0.343 e. The molecule has 0 radical (unpaired) electrons. The van der Waals surface area contributed by atoms with E-state index in [2.05, 4.69) is 5.10 Å². The lowest BCUT2D eigenvalue weighted by Crippen LogP contribution is -2.08. The smallest absolute Gasteiger partial charge is 0.343 e. The molecule has 2 aromatic carbocycles. The lowest BCUT2D eigenvalue weighted by molar-refractivity contribution is -0.384. The summed E-state index contributed by atoms with van der Waals surface area (Å²) in [5.41, 5.74) is 1.04. The van der Waals surface area contributed by atoms with E-state index < -0.39 is 10.9 Å². The molecule has 0 saturated carbocycles. The number of carbonyl (C=O) groups excluding carboxylic acids is 1. The summed E-state index contributed by atoms with van der Waals surface area (Å²) in [7, 11) is 3.63. The quantitative estimate of drug-likeness (QED) is 0.278. The van der Waals surface area contributed by atoms with Gasteiger partial charge in [-0.3, -0.25) is 10.1 Å². The van der Waals surface area contributed by atoms with E-state index >= 15 is 0 Å². The number of rotatable bonds is 5. The summed E-state index contributed by atoms with van der Waals surface area (Å²) in [5.74, 6) is -0.190. The monoisotopic (exact) mass is 313 g/mol. The van der Waals surface area contributed by atoms with Gasteiger partial charge >= 0.3 is 5.97 Å². The summed E-state index contributed by atoms with van der Waals surface area (Å²) in [6.07, 6.45) is 1.68. The highest BCUT2D eigenvalue weighted by atomic mass is 16.6. The topological polar surface area (TPSA) is 85.0 Å². The highest BCUT2D eigenvalue weighted by Crippen LogP contribution is 2.16. The summed E-state index contributed by atoms with van der Waals surface area (Å²) in [5, 5.41) is 16.3. The van der Waals surface area contributed by atoms with Crippen LogP contribution in [0, 0.1) is 10.1 Å². The van der Waals surface area contributed by atoms with Gasteiger partial charge in [0, 0.05) is 26.2 Å². The van der Waals surface area contributed by atoms with Crippen LogP contribution in [0.5, 0.6) is 5.75 Å². The molecule has 118 valence electrons. The van der Waals surface area contributed by atoms with E-state index in [-0.39, 0.29) is 11.3 Å². The van der Waals surface area contributed by atoms with Gasteiger partial charge < -0.3 is 9.75 Å². The molecule has 0 heterocycles. The third kappa shape index (κ3) is 4.63. The number of nitro benzene ring substituents is 1. The molecule has 0 atom stereocenters. The van der Waals surface area contributed by atoms with Gasteiger partial charge in [0.1, 0.15) is 5.75 Å². The molecule has 0 aliphatic heterocycles. The Morgan fingerprint density at radius 3 is 2.26 bits per heavy atom. The van der Waals surface area contributed by atoms with Crippen LogP contribution in [0.1, 0.15) is 15.9 Å². The van der Waals surface area contributed by atoms with Gasteiger partial charge in [0.2, 0.25) is 0 Å². The summed E-state index contributed by atoms with van der Waals surface area (Å²) < 4.78 is 5.22. The number of non-ortho nitro benzene ring substituents is 1. The van der Waals surface area contributed by atoms with Crippen LogP contribution in [-0.4, -0.2) is 36.2 Å². The molecule has 7 heteroatoms. The molecular formula is C16H15N3O4. The molecule has 0 N–H and O–H groups in total. The first-order valence-corrected chi connectivity index (χ1v) is 6.74. The third-order valence-electron chi connectivity index (χ3n) is 2.84. The molecule has 0 aliphatic rings. The summed E-state index contributed by atoms with van der Waals surface area (Å²) in [4.78, 5) is 22.0. The second kappa shape index (κ2) is 7.17. The number of nitro groups is 1. The lowest BCUT2D eigenvalue weighted by atomic mass is 10.2. The van der Waals surface area contributed by atoms with E-state index in [1.165, 1.54) is 24.3 Å². The van der Waals surface area contributed by atoms with Gasteiger partial charge in [-0.25, -0.2) is 4.79 Å². The third-order valence-corrected chi connectivity index (χ3v) is 2.84. The van der Waals surface area contributed by atoms with Gasteiger partial charge in [-0.1, -0.05) is 0 Å². The molecule has 23 heavy (non-hydrogen) atoms. The van der Waals surface area contributed by atoms with Gasteiger partial charge in [-0.15, -0.1) is 0 Å². The Hall–Kier alpha value is -3.22. The van der Waals surface area contributed by atoms with Crippen molar-refractivity contribution in [1.82, 2.24) is 5.01 Å². The molecular weight excluding hydrogens is 298 g/mol. The molecule has 2 aromatic rings. The fourth-order valence-corrected chi connectivity index (χ4v) is 1.69. The predicted octanol–water partition coefficient (Wildman–Crippen LogP) is 2.71. The first-order chi connectivity index (χ1) is 11.0. The van der Waals surface area contributed by atoms with Gasteiger partial charge in [0.25, 0.3) is 5.69 Å². The first-order valence-electron chi connectivity index (χ1n) is 6.74. The number of carbonyl (C=O) groups is 1. The average molecular weight is 313 g/mol. The minimum atomic E-state index is -0.574. The maximum atomic E-state index is 12.0. The molecule has 0 saturated heterocycles. The fourth-order valence-electron chi connectivity index (χ4n) is 1.69. The normalized spacial score (nSPS) is 10.5. The van der Waals surface area contributed by atoms with Crippen LogP contribution in [0.25, 0.3) is 0 Å². The minimum Gasteiger partial charge on any atom is -0.423 e. The van der Waals surface area contributed by atoms with Crippen molar-refractivity contribution in [3.63, 3.8) is 0 Å². The van der Waals surface area contributed by atoms with Crippen molar-refractivity contribution >= 4 is 17.9 Å². The zero-order chi connectivity index (χ0) is 16.8. The lowest BCUT2D eigenvalue weighted by Gasteiger charge is -2.05. The molecule has 0 aromatic heterocycles. The van der Waals surface area contributed by atoms with Crippen LogP contribution in [0.15, 0.2) is 53.6 Å². The second-order valence-electron chi connectivity index (χ2n) is 4.85. The predicted molar refractivity (Wildman–Crippen MR) is 85.8 cm³/mol. The molecule has 0 bridgehead atoms. The molecule has 0 amide bonds. The van der Waals surface area contributed by atoms with Crippen molar-refractivity contribution in [2.24, 2.45) is 5.10 Å². The van der Waals surface area contributed by atoms with Gasteiger partial charge in [-0.05, 0) is 42.0 Å². The Morgan fingerprint density at radius 2 is 1.74 bits per heavy atom. The van der Waals surface area contributed by atoms with Gasteiger partial charge in [0.15, 0.2) is 0 Å². The Kier molecular flexibility index (Phi) is 5.03. The average Bonchev–Trinajstić information content (AvgIpc) is 2.54. The van der Waals surface area contributed by atoms with E-state index in [0.717, 1.165) is 5.56 Å². The summed E-state index contributed by atoms with van der Waals surface area (Å²) >= 11 is 0. The largest absolute Gasteiger partial charge is 0.423 e. The fraction of sp³-hybridized carbons (Fsp3) is 0.125. The van der Waals surface area contributed by atoms with Crippen molar-refractivity contribution in [1.29, 1.82) is 0 Å². The van der Waals surface area contributed by atoms with Crippen LogP contribution < -0.4 is 4.74 Å². The highest BCUT2D eigenvalue weighted by molar-refractivity contribution is 5.91. The van der Waals surface area contributed by atoms with Crippen molar-refractivity contribution in [2.75, 3.05) is 14.1 Å². The van der Waals surface area contributed by atoms with Gasteiger partial charge in [0.05, 0.1) is 16.7 Å². The zero-order valence-electron chi connectivity index (χ0n) is 12.7. The van der Waals surface area contributed by atoms with Crippen LogP contribution in [0.4, 0.5) is 5.69 Å². The Morgan fingerprint density at radius 1 is 1.13 bits per heavy atom.